The maximum absolute atomic E-state index is 10.7. The number of nitrogens with zero attached hydrogens (tertiary/aromatic N) is 2. The molecule has 1 heterocycles. The predicted octanol–water partition coefficient (Wildman–Crippen LogP) is 3.00. The Morgan fingerprint density at radius 1 is 1.43 bits per heavy atom. The largest absolute Gasteiger partial charge is 0.298 e. The Labute approximate surface area is 94.9 Å². The van der Waals surface area contributed by atoms with Gasteiger partial charge in [-0.05, 0) is 22.0 Å². The van der Waals surface area contributed by atoms with Crippen molar-refractivity contribution in [2.75, 3.05) is 0 Å². The minimum Gasteiger partial charge on any atom is -0.270 e. The zero-order chi connectivity index (χ0) is 10.3. The first kappa shape index (κ1) is 9.60. The molecule has 2 rings (SSSR count). The number of non-ortho nitro benzene ring substituents is 1. The summed E-state index contributed by atoms with van der Waals surface area (Å²) in [5.41, 5.74) is 0.335. The number of aromatic nitrogens is 2. The lowest BCUT2D eigenvalue weighted by atomic mass is 10.2. The van der Waals surface area contributed by atoms with Crippen LogP contribution in [0.2, 0.25) is 0 Å². The van der Waals surface area contributed by atoms with Crippen LogP contribution in [0.1, 0.15) is 0 Å². The normalized spacial score (nSPS) is 10.7. The minimum atomic E-state index is -0.458. The minimum absolute atomic E-state index is 0.0173. The van der Waals surface area contributed by atoms with Crippen molar-refractivity contribution in [1.82, 2.24) is 10.2 Å². The number of halogens is 2. The molecule has 0 fully saturated rings. The second-order valence-electron chi connectivity index (χ2n) is 2.62. The van der Waals surface area contributed by atoms with Crippen molar-refractivity contribution in [3.8, 4) is 0 Å². The summed E-state index contributed by atoms with van der Waals surface area (Å²) in [6.45, 7) is 0. The quantitative estimate of drug-likeness (QED) is 0.648. The van der Waals surface area contributed by atoms with Crippen LogP contribution in [-0.4, -0.2) is 15.1 Å². The van der Waals surface area contributed by atoms with Gasteiger partial charge in [-0.2, -0.15) is 5.10 Å². The molecule has 0 atom stereocenters. The highest BCUT2D eigenvalue weighted by atomic mass is 79.9. The van der Waals surface area contributed by atoms with Crippen LogP contribution < -0.4 is 0 Å². The summed E-state index contributed by atoms with van der Waals surface area (Å²) >= 11 is 6.43. The van der Waals surface area contributed by atoms with Gasteiger partial charge in [0.25, 0.3) is 5.69 Å². The maximum Gasteiger partial charge on any atom is 0.298 e. The molecule has 5 nitrogen and oxygen atoms in total. The number of benzene rings is 1. The first-order valence-electron chi connectivity index (χ1n) is 3.57. The van der Waals surface area contributed by atoms with Crippen molar-refractivity contribution in [3.63, 3.8) is 0 Å². The Bertz CT molecular complexity index is 523. The number of nitro groups is 1. The second-order valence-corrected chi connectivity index (χ2v) is 4.32. The van der Waals surface area contributed by atoms with Gasteiger partial charge in [-0.25, -0.2) is 0 Å². The fourth-order valence-corrected chi connectivity index (χ4v) is 2.01. The van der Waals surface area contributed by atoms with Crippen LogP contribution in [0.5, 0.6) is 0 Å². The van der Waals surface area contributed by atoms with Crippen molar-refractivity contribution in [3.05, 3.63) is 31.3 Å². The highest BCUT2D eigenvalue weighted by molar-refractivity contribution is 9.11. The third-order valence-corrected chi connectivity index (χ3v) is 2.82. The molecule has 0 bridgehead atoms. The van der Waals surface area contributed by atoms with E-state index in [0.717, 1.165) is 0 Å². The molecule has 1 aromatic carbocycles. The van der Waals surface area contributed by atoms with E-state index in [1.807, 2.05) is 0 Å². The Morgan fingerprint density at radius 2 is 2.14 bits per heavy atom. The van der Waals surface area contributed by atoms with E-state index in [1.165, 1.54) is 6.07 Å². The number of aromatic amines is 1. The van der Waals surface area contributed by atoms with Crippen LogP contribution in [0.15, 0.2) is 21.2 Å². The van der Waals surface area contributed by atoms with Gasteiger partial charge in [-0.3, -0.25) is 15.2 Å². The monoisotopic (exact) mass is 319 g/mol. The molecule has 0 aliphatic rings. The zero-order valence-corrected chi connectivity index (χ0v) is 9.79. The maximum atomic E-state index is 10.7. The molecule has 0 radical (unpaired) electrons. The molecule has 1 aromatic heterocycles. The third-order valence-electron chi connectivity index (χ3n) is 1.75. The lowest BCUT2D eigenvalue weighted by Crippen LogP contribution is -1.89. The van der Waals surface area contributed by atoms with Gasteiger partial charge >= 0.3 is 0 Å². The average Bonchev–Trinajstić information content (AvgIpc) is 2.47. The second kappa shape index (κ2) is 3.32. The zero-order valence-electron chi connectivity index (χ0n) is 6.62. The predicted molar refractivity (Wildman–Crippen MR) is 58.1 cm³/mol. The molecule has 7 heteroatoms. The Morgan fingerprint density at radius 3 is 2.79 bits per heavy atom. The van der Waals surface area contributed by atoms with E-state index in [2.05, 4.69) is 42.1 Å². The van der Waals surface area contributed by atoms with E-state index in [9.17, 15) is 10.1 Å². The van der Waals surface area contributed by atoms with Gasteiger partial charge in [0.2, 0.25) is 0 Å². The fraction of sp³-hybridized carbons (Fsp3) is 0. The summed E-state index contributed by atoms with van der Waals surface area (Å²) in [6.07, 6.45) is 0. The van der Waals surface area contributed by atoms with E-state index in [4.69, 9.17) is 0 Å². The molecule has 72 valence electrons. The van der Waals surface area contributed by atoms with Gasteiger partial charge in [0.05, 0.1) is 4.92 Å². The van der Waals surface area contributed by atoms with E-state index >= 15 is 0 Å². The molecular formula is C7H3Br2N3O2. The molecule has 0 amide bonds. The van der Waals surface area contributed by atoms with Crippen LogP contribution in [0.4, 0.5) is 5.69 Å². The van der Waals surface area contributed by atoms with Crippen molar-refractivity contribution in [2.24, 2.45) is 0 Å². The van der Waals surface area contributed by atoms with Crippen molar-refractivity contribution >= 4 is 48.5 Å². The number of H-pyrrole nitrogens is 1. The molecular weight excluding hydrogens is 318 g/mol. The molecule has 0 aliphatic carbocycles. The van der Waals surface area contributed by atoms with Crippen LogP contribution >= 0.6 is 31.9 Å². The van der Waals surface area contributed by atoms with E-state index in [-0.39, 0.29) is 5.69 Å². The smallest absolute Gasteiger partial charge is 0.270 e. The Hall–Kier alpha value is -0.950. The van der Waals surface area contributed by atoms with Crippen molar-refractivity contribution < 1.29 is 4.92 Å². The van der Waals surface area contributed by atoms with Gasteiger partial charge < -0.3 is 0 Å². The first-order valence-corrected chi connectivity index (χ1v) is 5.15. The summed E-state index contributed by atoms with van der Waals surface area (Å²) in [7, 11) is 0. The SMILES string of the molecule is O=[N+]([O-])c1cc(Br)cc2c(Br)[nH]nc12. The average molecular weight is 321 g/mol. The number of hydrogen-bond donors (Lipinski definition) is 1. The number of hydrogen-bond acceptors (Lipinski definition) is 3. The van der Waals surface area contributed by atoms with Crippen LogP contribution in [-0.2, 0) is 0 Å². The van der Waals surface area contributed by atoms with Crippen molar-refractivity contribution in [2.45, 2.75) is 0 Å². The summed E-state index contributed by atoms with van der Waals surface area (Å²) in [5.74, 6) is 0. The highest BCUT2D eigenvalue weighted by Gasteiger charge is 2.17. The van der Waals surface area contributed by atoms with Crippen LogP contribution in [0.25, 0.3) is 10.9 Å². The standard InChI is InChI=1S/C7H3Br2N3O2/c8-3-1-4-6(10-11-7(4)9)5(2-3)12(13)14/h1-2H,(H,10,11). The molecule has 0 spiro atoms. The lowest BCUT2D eigenvalue weighted by Gasteiger charge is -1.94. The number of rotatable bonds is 1. The third kappa shape index (κ3) is 1.42. The van der Waals surface area contributed by atoms with Crippen molar-refractivity contribution in [1.29, 1.82) is 0 Å². The summed E-state index contributed by atoms with van der Waals surface area (Å²) in [6, 6.07) is 3.19. The van der Waals surface area contributed by atoms with Gasteiger partial charge in [0.15, 0.2) is 5.52 Å². The molecule has 14 heavy (non-hydrogen) atoms. The van der Waals surface area contributed by atoms with E-state index < -0.39 is 4.92 Å². The van der Waals surface area contributed by atoms with Gasteiger partial charge in [0, 0.05) is 15.9 Å². The van der Waals surface area contributed by atoms with Gasteiger partial charge in [-0.15, -0.1) is 0 Å². The number of nitro benzene ring substituents is 1. The van der Waals surface area contributed by atoms with E-state index in [1.54, 1.807) is 6.07 Å². The molecule has 0 aliphatic heterocycles. The van der Waals surface area contributed by atoms with E-state index in [0.29, 0.717) is 20.0 Å². The molecule has 2 aromatic rings. The lowest BCUT2D eigenvalue weighted by molar-refractivity contribution is -0.383. The Balaban J connectivity index is 2.88. The van der Waals surface area contributed by atoms with Gasteiger partial charge in [-0.1, -0.05) is 15.9 Å². The summed E-state index contributed by atoms with van der Waals surface area (Å²) in [5, 5.41) is 17.9. The summed E-state index contributed by atoms with van der Waals surface area (Å²) in [4.78, 5) is 10.2. The van der Waals surface area contributed by atoms with Gasteiger partial charge in [0.1, 0.15) is 4.60 Å². The number of nitrogens with one attached hydrogen (secondary N) is 1. The van der Waals surface area contributed by atoms with Crippen LogP contribution in [0, 0.1) is 10.1 Å². The topological polar surface area (TPSA) is 71.8 Å². The van der Waals surface area contributed by atoms with Crippen LogP contribution in [0.3, 0.4) is 0 Å². The number of fused-ring (bicyclic) bond motifs is 1. The molecule has 0 unspecified atom stereocenters. The summed E-state index contributed by atoms with van der Waals surface area (Å²) < 4.78 is 1.29. The fourth-order valence-electron chi connectivity index (χ4n) is 1.17. The highest BCUT2D eigenvalue weighted by Crippen LogP contribution is 2.31. The molecule has 0 saturated heterocycles. The first-order chi connectivity index (χ1) is 6.59. The molecule has 1 N–H and O–H groups in total. The molecule has 0 saturated carbocycles. The Kier molecular flexibility index (Phi) is 2.28.